The number of piperidine rings is 1. The number of nitrogens with zero attached hydrogens (tertiary/aromatic N) is 5. The normalized spacial score (nSPS) is 28.8. The molecule has 6 nitrogen and oxygen atoms in total. The van der Waals surface area contributed by atoms with Crippen molar-refractivity contribution in [2.45, 2.75) is 44.7 Å². The van der Waals surface area contributed by atoms with Crippen LogP contribution < -0.4 is 0 Å². The largest absolute Gasteiger partial charge is 0.341 e. The van der Waals surface area contributed by atoms with Crippen LogP contribution in [0.5, 0.6) is 0 Å². The number of aryl methyl sites for hydroxylation is 1. The summed E-state index contributed by atoms with van der Waals surface area (Å²) in [4.78, 5) is 21.3. The fourth-order valence-corrected chi connectivity index (χ4v) is 3.95. The zero-order valence-corrected chi connectivity index (χ0v) is 13.1. The minimum Gasteiger partial charge on any atom is -0.341 e. The highest BCUT2D eigenvalue weighted by atomic mass is 16.2. The highest BCUT2D eigenvalue weighted by molar-refractivity contribution is 5.76. The Morgan fingerprint density at radius 1 is 1.14 bits per heavy atom. The highest BCUT2D eigenvalue weighted by Gasteiger charge is 2.38. The van der Waals surface area contributed by atoms with Gasteiger partial charge in [0.15, 0.2) is 0 Å². The van der Waals surface area contributed by atoms with Gasteiger partial charge < -0.3 is 4.90 Å². The van der Waals surface area contributed by atoms with Crippen LogP contribution in [0.15, 0.2) is 12.7 Å². The van der Waals surface area contributed by atoms with Crippen LogP contribution in [0, 0.1) is 11.8 Å². The molecule has 0 spiro atoms. The molecular formula is C16H25N5O. The molecule has 3 saturated heterocycles. The Hall–Kier alpha value is -1.43. The van der Waals surface area contributed by atoms with Gasteiger partial charge in [0.2, 0.25) is 5.91 Å². The molecule has 2 bridgehead atoms. The Labute approximate surface area is 131 Å². The van der Waals surface area contributed by atoms with Gasteiger partial charge in [0.25, 0.3) is 0 Å². The third-order valence-corrected chi connectivity index (χ3v) is 5.39. The molecular weight excluding hydrogens is 278 g/mol. The number of fused-ring (bicyclic) bond motifs is 4. The van der Waals surface area contributed by atoms with E-state index in [-0.39, 0.29) is 5.91 Å². The van der Waals surface area contributed by atoms with Gasteiger partial charge in [0, 0.05) is 38.6 Å². The third kappa shape index (κ3) is 3.16. The van der Waals surface area contributed by atoms with Crippen LogP contribution in [0.25, 0.3) is 0 Å². The van der Waals surface area contributed by atoms with Crippen LogP contribution in [-0.2, 0) is 11.3 Å². The molecule has 5 rings (SSSR count). The maximum atomic E-state index is 12.6. The van der Waals surface area contributed by atoms with Crippen molar-refractivity contribution < 1.29 is 4.79 Å². The molecule has 0 radical (unpaired) electrons. The molecule has 6 heteroatoms. The smallest absolute Gasteiger partial charge is 0.224 e. The number of amides is 1. The van der Waals surface area contributed by atoms with Crippen LogP contribution in [0.1, 0.15) is 32.1 Å². The fraction of sp³-hybridized carbons (Fsp3) is 0.812. The number of hydrogen-bond donors (Lipinski definition) is 0. The van der Waals surface area contributed by atoms with E-state index in [0.29, 0.717) is 24.9 Å². The number of hydrogen-bond acceptors (Lipinski definition) is 4. The van der Waals surface area contributed by atoms with Crippen LogP contribution >= 0.6 is 0 Å². The first-order valence-corrected chi connectivity index (χ1v) is 8.62. The van der Waals surface area contributed by atoms with E-state index in [0.717, 1.165) is 19.0 Å². The SMILES string of the molecule is O=C(CCn1cncn1)N1C[C@H]2CC[C@@H](C1)N(CC1CC1)C2. The summed E-state index contributed by atoms with van der Waals surface area (Å²) in [6.07, 6.45) is 9.11. The summed E-state index contributed by atoms with van der Waals surface area (Å²) in [5.74, 6) is 1.89. The second kappa shape index (κ2) is 5.99. The third-order valence-electron chi connectivity index (χ3n) is 5.39. The quantitative estimate of drug-likeness (QED) is 0.814. The topological polar surface area (TPSA) is 54.3 Å². The first-order valence-electron chi connectivity index (χ1n) is 8.62. The lowest BCUT2D eigenvalue weighted by Gasteiger charge is -2.36. The van der Waals surface area contributed by atoms with Gasteiger partial charge in [0.1, 0.15) is 12.7 Å². The van der Waals surface area contributed by atoms with Gasteiger partial charge in [-0.3, -0.25) is 14.4 Å². The van der Waals surface area contributed by atoms with Crippen molar-refractivity contribution in [1.82, 2.24) is 24.6 Å². The van der Waals surface area contributed by atoms with Crippen molar-refractivity contribution in [3.05, 3.63) is 12.7 Å². The molecule has 1 amide bonds. The Bertz CT molecular complexity index is 513. The summed E-state index contributed by atoms with van der Waals surface area (Å²) < 4.78 is 1.74. The van der Waals surface area contributed by atoms with E-state index in [1.54, 1.807) is 11.0 Å². The maximum absolute atomic E-state index is 12.6. The van der Waals surface area contributed by atoms with Crippen molar-refractivity contribution in [3.63, 3.8) is 0 Å². The van der Waals surface area contributed by atoms with Crippen molar-refractivity contribution in [1.29, 1.82) is 0 Å². The predicted octanol–water partition coefficient (Wildman–Crippen LogP) is 1.00. The predicted molar refractivity (Wildman–Crippen MR) is 82.0 cm³/mol. The average Bonchev–Trinajstić information content (AvgIpc) is 3.26. The van der Waals surface area contributed by atoms with Gasteiger partial charge in [0.05, 0.1) is 6.54 Å². The van der Waals surface area contributed by atoms with E-state index in [4.69, 9.17) is 0 Å². The van der Waals surface area contributed by atoms with E-state index in [9.17, 15) is 4.79 Å². The summed E-state index contributed by atoms with van der Waals surface area (Å²) >= 11 is 0. The number of carbonyl (C=O) groups excluding carboxylic acids is 1. The highest BCUT2D eigenvalue weighted by Crippen LogP contribution is 2.34. The van der Waals surface area contributed by atoms with Crippen molar-refractivity contribution in [2.24, 2.45) is 11.8 Å². The fourth-order valence-electron chi connectivity index (χ4n) is 3.95. The molecule has 0 aromatic carbocycles. The molecule has 1 aliphatic carbocycles. The Balaban J connectivity index is 1.35. The lowest BCUT2D eigenvalue weighted by molar-refractivity contribution is -0.131. The molecule has 2 atom stereocenters. The first kappa shape index (κ1) is 14.2. The van der Waals surface area contributed by atoms with Gasteiger partial charge in [-0.2, -0.15) is 5.10 Å². The summed E-state index contributed by atoms with van der Waals surface area (Å²) in [6, 6.07) is 0.592. The molecule has 4 fully saturated rings. The summed E-state index contributed by atoms with van der Waals surface area (Å²) in [5, 5.41) is 4.07. The molecule has 4 aliphatic rings. The van der Waals surface area contributed by atoms with E-state index in [1.165, 1.54) is 45.1 Å². The van der Waals surface area contributed by atoms with Crippen LogP contribution in [0.4, 0.5) is 0 Å². The molecule has 22 heavy (non-hydrogen) atoms. The zero-order valence-electron chi connectivity index (χ0n) is 13.1. The number of carbonyl (C=O) groups is 1. The molecule has 0 N–H and O–H groups in total. The van der Waals surface area contributed by atoms with E-state index in [2.05, 4.69) is 19.9 Å². The lowest BCUT2D eigenvalue weighted by Crippen LogP contribution is -2.45. The van der Waals surface area contributed by atoms with Crippen LogP contribution in [-0.4, -0.2) is 62.7 Å². The van der Waals surface area contributed by atoms with Crippen molar-refractivity contribution in [2.75, 3.05) is 26.2 Å². The van der Waals surface area contributed by atoms with Gasteiger partial charge >= 0.3 is 0 Å². The minimum atomic E-state index is 0.278. The molecule has 1 aromatic rings. The van der Waals surface area contributed by atoms with Crippen molar-refractivity contribution in [3.8, 4) is 0 Å². The second-order valence-corrected chi connectivity index (χ2v) is 7.20. The molecule has 3 aliphatic heterocycles. The first-order chi connectivity index (χ1) is 10.8. The molecule has 0 unspecified atom stereocenters. The standard InChI is InChI=1S/C16H25N5O/c22-16(5-6-21-12-17-11-18-21)20-9-14-3-4-15(10-20)19(8-14)7-13-1-2-13/h11-15H,1-10H2/t14-,15-/m0/s1. The Kier molecular flexibility index (Phi) is 3.86. The Morgan fingerprint density at radius 3 is 2.82 bits per heavy atom. The van der Waals surface area contributed by atoms with E-state index >= 15 is 0 Å². The van der Waals surface area contributed by atoms with Gasteiger partial charge in [-0.15, -0.1) is 0 Å². The molecule has 1 aromatic heterocycles. The van der Waals surface area contributed by atoms with Crippen molar-refractivity contribution >= 4 is 5.91 Å². The van der Waals surface area contributed by atoms with E-state index < -0.39 is 0 Å². The van der Waals surface area contributed by atoms with Crippen LogP contribution in [0.3, 0.4) is 0 Å². The molecule has 1 saturated carbocycles. The van der Waals surface area contributed by atoms with Gasteiger partial charge in [-0.05, 0) is 37.5 Å². The zero-order chi connectivity index (χ0) is 14.9. The summed E-state index contributed by atoms with van der Waals surface area (Å²) in [5.41, 5.74) is 0. The van der Waals surface area contributed by atoms with Crippen LogP contribution in [0.2, 0.25) is 0 Å². The summed E-state index contributed by atoms with van der Waals surface area (Å²) in [7, 11) is 0. The lowest BCUT2D eigenvalue weighted by atomic mass is 9.95. The molecule has 120 valence electrons. The van der Waals surface area contributed by atoms with Gasteiger partial charge in [-0.1, -0.05) is 0 Å². The monoisotopic (exact) mass is 303 g/mol. The maximum Gasteiger partial charge on any atom is 0.224 e. The summed E-state index contributed by atoms with van der Waals surface area (Å²) in [6.45, 7) is 4.99. The van der Waals surface area contributed by atoms with Gasteiger partial charge in [-0.25, -0.2) is 4.98 Å². The van der Waals surface area contributed by atoms with E-state index in [1.807, 2.05) is 0 Å². The minimum absolute atomic E-state index is 0.278. The Morgan fingerprint density at radius 2 is 2.05 bits per heavy atom. The number of rotatable bonds is 5. The number of aromatic nitrogens is 3. The average molecular weight is 303 g/mol. The molecule has 4 heterocycles. The second-order valence-electron chi connectivity index (χ2n) is 7.20.